The lowest BCUT2D eigenvalue weighted by Crippen LogP contribution is -2.50. The number of ether oxygens (including phenoxy) is 3. The molecular weight excluding hydrogens is 472 g/mol. The van der Waals surface area contributed by atoms with Gasteiger partial charge in [0.05, 0.1) is 19.3 Å². The van der Waals surface area contributed by atoms with Crippen molar-refractivity contribution in [2.45, 2.75) is 92.5 Å². The topological polar surface area (TPSA) is 83.6 Å². The second-order valence-corrected chi connectivity index (χ2v) is 12.4. The van der Waals surface area contributed by atoms with Crippen LogP contribution in [0.2, 0.25) is 0 Å². The first-order valence-corrected chi connectivity index (χ1v) is 14.3. The van der Waals surface area contributed by atoms with Gasteiger partial charge in [0.2, 0.25) is 0 Å². The molecule has 0 aromatic heterocycles. The maximum absolute atomic E-state index is 12.8. The number of hydrogen-bond acceptors (Lipinski definition) is 7. The van der Waals surface area contributed by atoms with E-state index in [1.807, 2.05) is 13.8 Å². The van der Waals surface area contributed by atoms with Crippen LogP contribution >= 0.6 is 0 Å². The van der Waals surface area contributed by atoms with Crippen molar-refractivity contribution < 1.29 is 23.8 Å². The Bertz CT molecular complexity index is 707. The van der Waals surface area contributed by atoms with Gasteiger partial charge in [-0.1, -0.05) is 41.0 Å². The SMILES string of the molecule is CCCC(C)(CC1CN(C(=O)O[C@H](C)C(C)(C)C)CCO1)[C@@H](C)OC(=O)NCCCN1CCN(C)CC1. The summed E-state index contributed by atoms with van der Waals surface area (Å²) in [5, 5.41) is 2.93. The predicted octanol–water partition coefficient (Wildman–Crippen LogP) is 4.21. The molecule has 2 rings (SSSR count). The van der Waals surface area contributed by atoms with E-state index in [-0.39, 0.29) is 41.3 Å². The Morgan fingerprint density at radius 2 is 1.70 bits per heavy atom. The average molecular weight is 527 g/mol. The zero-order valence-corrected chi connectivity index (χ0v) is 24.8. The lowest BCUT2D eigenvalue weighted by Gasteiger charge is -2.41. The van der Waals surface area contributed by atoms with Crippen LogP contribution in [0.3, 0.4) is 0 Å². The fourth-order valence-electron chi connectivity index (χ4n) is 4.88. The van der Waals surface area contributed by atoms with Crippen LogP contribution in [0.1, 0.15) is 74.1 Å². The zero-order chi connectivity index (χ0) is 27.6. The van der Waals surface area contributed by atoms with Gasteiger partial charge < -0.3 is 34.2 Å². The quantitative estimate of drug-likeness (QED) is 0.404. The van der Waals surface area contributed by atoms with E-state index in [1.165, 1.54) is 0 Å². The van der Waals surface area contributed by atoms with Crippen molar-refractivity contribution in [1.82, 2.24) is 20.0 Å². The standard InChI is InChI=1S/C28H54N4O5/c1-9-11-28(7,20-24-21-32(18-19-35-24)26(34)37-22(2)27(4,5)6)23(3)36-25(33)29-12-10-13-31-16-14-30(8)15-17-31/h22-24H,9-21H2,1-8H3,(H,29,33)/t22-,23-,24?,28?/m1/s1. The number of nitrogens with one attached hydrogen (secondary N) is 1. The summed E-state index contributed by atoms with van der Waals surface area (Å²) in [6.07, 6.45) is 2.26. The van der Waals surface area contributed by atoms with Crippen molar-refractivity contribution in [2.75, 3.05) is 66.0 Å². The highest BCUT2D eigenvalue weighted by atomic mass is 16.6. The van der Waals surface area contributed by atoms with Gasteiger partial charge in [-0.15, -0.1) is 0 Å². The summed E-state index contributed by atoms with van der Waals surface area (Å²) in [4.78, 5) is 31.9. The van der Waals surface area contributed by atoms with Gasteiger partial charge in [0.15, 0.2) is 0 Å². The van der Waals surface area contributed by atoms with Crippen molar-refractivity contribution in [2.24, 2.45) is 10.8 Å². The molecule has 2 aliphatic heterocycles. The minimum Gasteiger partial charge on any atom is -0.446 e. The fraction of sp³-hybridized carbons (Fsp3) is 0.929. The van der Waals surface area contributed by atoms with Gasteiger partial charge in [0.25, 0.3) is 0 Å². The molecule has 2 aliphatic rings. The van der Waals surface area contributed by atoms with Crippen molar-refractivity contribution in [3.8, 4) is 0 Å². The molecule has 0 bridgehead atoms. The van der Waals surface area contributed by atoms with Crippen LogP contribution in [0.5, 0.6) is 0 Å². The zero-order valence-electron chi connectivity index (χ0n) is 24.8. The van der Waals surface area contributed by atoms with E-state index in [1.54, 1.807) is 4.90 Å². The third-order valence-corrected chi connectivity index (χ3v) is 8.19. The third-order valence-electron chi connectivity index (χ3n) is 8.19. The highest BCUT2D eigenvalue weighted by Gasteiger charge is 2.38. The number of morpholine rings is 1. The van der Waals surface area contributed by atoms with Gasteiger partial charge in [0, 0.05) is 44.7 Å². The second-order valence-electron chi connectivity index (χ2n) is 12.4. The minimum absolute atomic E-state index is 0.112. The van der Waals surface area contributed by atoms with Crippen LogP contribution in [-0.4, -0.2) is 111 Å². The molecular formula is C28H54N4O5. The molecule has 37 heavy (non-hydrogen) atoms. The maximum Gasteiger partial charge on any atom is 0.410 e. The molecule has 2 heterocycles. The molecule has 2 amide bonds. The number of rotatable bonds is 11. The Labute approximate surface area is 225 Å². The van der Waals surface area contributed by atoms with E-state index in [2.05, 4.69) is 56.8 Å². The van der Waals surface area contributed by atoms with Gasteiger partial charge in [0.1, 0.15) is 12.2 Å². The largest absolute Gasteiger partial charge is 0.446 e. The number of alkyl carbamates (subject to hydrolysis) is 1. The van der Waals surface area contributed by atoms with Crippen LogP contribution in [-0.2, 0) is 14.2 Å². The Morgan fingerprint density at radius 1 is 1.03 bits per heavy atom. The molecule has 0 aromatic carbocycles. The number of carbonyl (C=O) groups excluding carboxylic acids is 2. The van der Waals surface area contributed by atoms with Crippen molar-refractivity contribution in [3.63, 3.8) is 0 Å². The van der Waals surface area contributed by atoms with Crippen LogP contribution in [0, 0.1) is 10.8 Å². The highest BCUT2D eigenvalue weighted by Crippen LogP contribution is 2.36. The van der Waals surface area contributed by atoms with Crippen LogP contribution in [0.4, 0.5) is 9.59 Å². The smallest absolute Gasteiger partial charge is 0.410 e. The van der Waals surface area contributed by atoms with E-state index in [0.717, 1.165) is 52.0 Å². The lowest BCUT2D eigenvalue weighted by molar-refractivity contribution is -0.0750. The van der Waals surface area contributed by atoms with Gasteiger partial charge in [-0.2, -0.15) is 0 Å². The van der Waals surface area contributed by atoms with Gasteiger partial charge in [-0.25, -0.2) is 9.59 Å². The van der Waals surface area contributed by atoms with Crippen LogP contribution < -0.4 is 5.32 Å². The second kappa shape index (κ2) is 14.5. The van der Waals surface area contributed by atoms with E-state index in [9.17, 15) is 9.59 Å². The van der Waals surface area contributed by atoms with E-state index in [0.29, 0.717) is 32.7 Å². The lowest BCUT2D eigenvalue weighted by atomic mass is 9.75. The molecule has 2 unspecified atom stereocenters. The van der Waals surface area contributed by atoms with Crippen molar-refractivity contribution >= 4 is 12.2 Å². The molecule has 9 nitrogen and oxygen atoms in total. The summed E-state index contributed by atoms with van der Waals surface area (Å²) in [5.41, 5.74) is -0.374. The number of amides is 2. The Balaban J connectivity index is 1.82. The summed E-state index contributed by atoms with van der Waals surface area (Å²) in [5.74, 6) is 0. The number of hydrogen-bond donors (Lipinski definition) is 1. The molecule has 2 fully saturated rings. The first kappa shape index (κ1) is 31.6. The summed E-state index contributed by atoms with van der Waals surface area (Å²) in [7, 11) is 2.15. The van der Waals surface area contributed by atoms with Gasteiger partial charge >= 0.3 is 12.2 Å². The first-order valence-electron chi connectivity index (χ1n) is 14.3. The highest BCUT2D eigenvalue weighted by molar-refractivity contribution is 5.68. The normalized spacial score (nSPS) is 23.1. The van der Waals surface area contributed by atoms with Crippen LogP contribution in [0.25, 0.3) is 0 Å². The summed E-state index contributed by atoms with van der Waals surface area (Å²) in [6.45, 7) is 21.9. The predicted molar refractivity (Wildman–Crippen MR) is 147 cm³/mol. The molecule has 4 atom stereocenters. The van der Waals surface area contributed by atoms with Gasteiger partial charge in [-0.05, 0) is 52.1 Å². The molecule has 0 saturated carbocycles. The summed E-state index contributed by atoms with van der Waals surface area (Å²) in [6, 6.07) is 0. The number of likely N-dealkylation sites (N-methyl/N-ethyl adjacent to an activating group) is 1. The Hall–Kier alpha value is -1.58. The number of nitrogens with zero attached hydrogens (tertiary/aromatic N) is 3. The molecule has 0 aliphatic carbocycles. The fourth-order valence-corrected chi connectivity index (χ4v) is 4.88. The van der Waals surface area contributed by atoms with E-state index in [4.69, 9.17) is 14.2 Å². The van der Waals surface area contributed by atoms with E-state index < -0.39 is 0 Å². The summed E-state index contributed by atoms with van der Waals surface area (Å²) < 4.78 is 17.6. The van der Waals surface area contributed by atoms with Gasteiger partial charge in [-0.3, -0.25) is 0 Å². The molecule has 2 saturated heterocycles. The maximum atomic E-state index is 12.8. The summed E-state index contributed by atoms with van der Waals surface area (Å²) >= 11 is 0. The Kier molecular flexibility index (Phi) is 12.4. The van der Waals surface area contributed by atoms with Crippen molar-refractivity contribution in [3.05, 3.63) is 0 Å². The molecule has 0 aromatic rings. The average Bonchev–Trinajstić information content (AvgIpc) is 2.82. The first-order chi connectivity index (χ1) is 17.3. The molecule has 1 N–H and O–H groups in total. The molecule has 0 spiro atoms. The molecule has 9 heteroatoms. The van der Waals surface area contributed by atoms with Crippen molar-refractivity contribution in [1.29, 1.82) is 0 Å². The van der Waals surface area contributed by atoms with E-state index >= 15 is 0 Å². The molecule has 0 radical (unpaired) electrons. The monoisotopic (exact) mass is 526 g/mol. The molecule has 216 valence electrons. The number of piperazine rings is 1. The Morgan fingerprint density at radius 3 is 2.32 bits per heavy atom. The number of carbonyl (C=O) groups is 2. The van der Waals surface area contributed by atoms with Crippen LogP contribution in [0.15, 0.2) is 0 Å². The third kappa shape index (κ3) is 10.6. The minimum atomic E-state index is -0.362.